The van der Waals surface area contributed by atoms with E-state index in [1.165, 1.54) is 6.92 Å². The van der Waals surface area contributed by atoms with Crippen molar-refractivity contribution in [3.63, 3.8) is 0 Å². The molecule has 0 aromatic heterocycles. The molecular weight excluding hydrogens is 821 g/mol. The predicted octanol–water partition coefficient (Wildman–Crippen LogP) is 1.33. The van der Waals surface area contributed by atoms with Crippen molar-refractivity contribution in [3.05, 3.63) is 0 Å². The third-order valence-corrected chi connectivity index (χ3v) is 19.7. The molecule has 16 nitrogen and oxygen atoms in total. The van der Waals surface area contributed by atoms with Crippen molar-refractivity contribution in [2.75, 3.05) is 6.61 Å². The molecule has 26 atom stereocenters. The van der Waals surface area contributed by atoms with Gasteiger partial charge < -0.3 is 79.5 Å². The van der Waals surface area contributed by atoms with Crippen LogP contribution in [0.1, 0.15) is 121 Å². The molecule has 3 heterocycles. The maximum absolute atomic E-state index is 12.7. The molecule has 5 saturated carbocycles. The summed E-state index contributed by atoms with van der Waals surface area (Å²) in [5.41, 5.74) is -2.61. The van der Waals surface area contributed by atoms with Crippen LogP contribution in [0.25, 0.3) is 0 Å². The maximum Gasteiger partial charge on any atom is 0.187 e. The Bertz CT molecular complexity index is 1650. The number of aliphatic hydroxyl groups is 10. The Hall–Kier alpha value is -0.640. The van der Waals surface area contributed by atoms with E-state index >= 15 is 0 Å². The van der Waals surface area contributed by atoms with Gasteiger partial charge in [-0.2, -0.15) is 0 Å². The molecule has 63 heavy (non-hydrogen) atoms. The van der Waals surface area contributed by atoms with Crippen molar-refractivity contribution < 1.29 is 79.5 Å². The average Bonchev–Trinajstić information content (AvgIpc) is 3.57. The minimum atomic E-state index is -1.64. The van der Waals surface area contributed by atoms with Crippen LogP contribution in [-0.2, 0) is 28.4 Å². The summed E-state index contributed by atoms with van der Waals surface area (Å²) >= 11 is 0. The quantitative estimate of drug-likeness (QED) is 0.162. The summed E-state index contributed by atoms with van der Waals surface area (Å²) in [5.74, 6) is 0.140. The van der Waals surface area contributed by atoms with E-state index < -0.39 is 115 Å². The highest BCUT2D eigenvalue weighted by atomic mass is 16.8. The van der Waals surface area contributed by atoms with Gasteiger partial charge in [0.05, 0.1) is 42.7 Å². The molecule has 5 aliphatic carbocycles. The molecule has 0 unspecified atom stereocenters. The predicted molar refractivity (Wildman–Crippen MR) is 224 cm³/mol. The van der Waals surface area contributed by atoms with Crippen molar-refractivity contribution >= 4 is 0 Å². The number of fused-ring (bicyclic) bond motifs is 7. The van der Waals surface area contributed by atoms with Gasteiger partial charge in [0.25, 0.3) is 0 Å². The first-order valence-corrected chi connectivity index (χ1v) is 23.9. The van der Waals surface area contributed by atoms with E-state index in [1.807, 2.05) is 13.8 Å². The number of hydrogen-bond donors (Lipinski definition) is 10. The lowest BCUT2D eigenvalue weighted by Crippen LogP contribution is -2.71. The number of ether oxygens (including phenoxy) is 6. The zero-order valence-electron chi connectivity index (χ0n) is 39.0. The molecule has 8 rings (SSSR count). The van der Waals surface area contributed by atoms with Gasteiger partial charge in [-0.1, -0.05) is 41.5 Å². The first-order chi connectivity index (χ1) is 29.2. The fraction of sp³-hybridized carbons (Fsp3) is 1.00. The second-order valence-corrected chi connectivity index (χ2v) is 23.6. The molecule has 10 N–H and O–H groups in total. The molecule has 0 aromatic carbocycles. The summed E-state index contributed by atoms with van der Waals surface area (Å²) in [6, 6.07) is 0. The highest BCUT2D eigenvalue weighted by Gasteiger charge is 2.74. The van der Waals surface area contributed by atoms with E-state index in [1.54, 1.807) is 6.92 Å². The van der Waals surface area contributed by atoms with Gasteiger partial charge in [0.15, 0.2) is 18.9 Å². The first-order valence-electron chi connectivity index (χ1n) is 23.9. The average molecular weight is 901 g/mol. The Balaban J connectivity index is 1.01. The normalized spacial score (nSPS) is 58.3. The first kappa shape index (κ1) is 48.8. The van der Waals surface area contributed by atoms with Crippen LogP contribution in [0, 0.1) is 56.7 Å². The highest BCUT2D eigenvalue weighted by molar-refractivity contribution is 5.23. The van der Waals surface area contributed by atoms with Crippen LogP contribution in [0.15, 0.2) is 0 Å². The van der Waals surface area contributed by atoms with Crippen molar-refractivity contribution in [1.82, 2.24) is 0 Å². The fourth-order valence-corrected chi connectivity index (χ4v) is 16.5. The van der Waals surface area contributed by atoms with Crippen LogP contribution in [0.4, 0.5) is 0 Å². The van der Waals surface area contributed by atoms with Gasteiger partial charge in [0, 0.05) is 0 Å². The molecule has 0 amide bonds. The SMILES string of the molecule is C[C@@H]1O[C@@H](O[C@H]2[C@H](O[C@H]3CC[C@]4(C)[C@H]5CC[C@@H]6[C@@]7(C)CC[C@@H](C(C)(C)O[C@@H]8O[C@@H](C)[C@H](O)[C@@H](O)[C@H]8O)[C@@H]7[C@@H](O)C[C@@]6(C)[C@]5(C)C[C@H](O)[C@H]4C3(C)C)OC[C@@H](O)[C@@H]2O)[C@H](O)[C@H](O)[C@H]1O. The Morgan fingerprint density at radius 3 is 1.67 bits per heavy atom. The van der Waals surface area contributed by atoms with E-state index in [-0.39, 0.29) is 57.9 Å². The Morgan fingerprint density at radius 2 is 1.06 bits per heavy atom. The molecule has 0 aromatic rings. The minimum absolute atomic E-state index is 0.0663. The summed E-state index contributed by atoms with van der Waals surface area (Å²) in [6.07, 6.45) is -13.8. The van der Waals surface area contributed by atoms with Crippen LogP contribution < -0.4 is 0 Å². The molecule has 0 bridgehead atoms. The van der Waals surface area contributed by atoms with Gasteiger partial charge in [0.2, 0.25) is 0 Å². The molecular formula is C47H80O16. The molecule has 8 aliphatic rings. The standard InChI is InChI=1S/C47H80O16/c1-20-30(51)33(54)35(56)39(59-20)62-37-32(53)25(50)19-58-41(37)61-28-14-16-45(8)27-12-11-26-44(7)15-13-22(43(5,6)63-40-36(57)34(55)31(52)21(2)60-40)29(44)23(48)17-46(26,9)47(27,10)18-24(49)38(45)42(28,3)4/h20-41,48-57H,11-19H2,1-10H3/t20-,21-,22+,23-,24-,25+,26+,27+,28-,29+,30-,31-,32-,33+,34+,35+,36+,37+,38-,39-,40-,41-,44+,45+,46+,47+/m0/s1. The number of hydrogen-bond acceptors (Lipinski definition) is 16. The van der Waals surface area contributed by atoms with Crippen LogP contribution in [0.2, 0.25) is 0 Å². The highest BCUT2D eigenvalue weighted by Crippen LogP contribution is 2.78. The van der Waals surface area contributed by atoms with Crippen LogP contribution in [-0.4, -0.2) is 168 Å². The summed E-state index contributed by atoms with van der Waals surface area (Å²) < 4.78 is 36.9. The van der Waals surface area contributed by atoms with Gasteiger partial charge in [-0.25, -0.2) is 0 Å². The van der Waals surface area contributed by atoms with E-state index in [9.17, 15) is 51.1 Å². The summed E-state index contributed by atoms with van der Waals surface area (Å²) in [7, 11) is 0. The van der Waals surface area contributed by atoms with Crippen molar-refractivity contribution in [3.8, 4) is 0 Å². The van der Waals surface area contributed by atoms with Crippen molar-refractivity contribution in [2.45, 2.75) is 231 Å². The topological polar surface area (TPSA) is 258 Å². The molecule has 364 valence electrons. The molecule has 16 heteroatoms. The lowest BCUT2D eigenvalue weighted by atomic mass is 9.31. The van der Waals surface area contributed by atoms with Gasteiger partial charge >= 0.3 is 0 Å². The van der Waals surface area contributed by atoms with Crippen LogP contribution in [0.5, 0.6) is 0 Å². The lowest BCUT2D eigenvalue weighted by molar-refractivity contribution is -0.367. The minimum Gasteiger partial charge on any atom is -0.393 e. The van der Waals surface area contributed by atoms with Gasteiger partial charge in [-0.05, 0) is 136 Å². The molecule has 8 fully saturated rings. The zero-order chi connectivity index (χ0) is 46.3. The van der Waals surface area contributed by atoms with E-state index in [0.717, 1.165) is 32.1 Å². The van der Waals surface area contributed by atoms with E-state index in [4.69, 9.17) is 28.4 Å². The smallest absolute Gasteiger partial charge is 0.187 e. The van der Waals surface area contributed by atoms with Crippen LogP contribution >= 0.6 is 0 Å². The summed E-state index contributed by atoms with van der Waals surface area (Å²) in [5, 5.41) is 110. The lowest BCUT2D eigenvalue weighted by Gasteiger charge is -2.74. The van der Waals surface area contributed by atoms with Crippen LogP contribution in [0.3, 0.4) is 0 Å². The second kappa shape index (κ2) is 16.5. The molecule has 0 radical (unpaired) electrons. The molecule has 3 saturated heterocycles. The molecule has 0 spiro atoms. The Morgan fingerprint density at radius 1 is 0.540 bits per heavy atom. The van der Waals surface area contributed by atoms with E-state index in [0.29, 0.717) is 19.3 Å². The molecule has 3 aliphatic heterocycles. The zero-order valence-corrected chi connectivity index (χ0v) is 39.0. The number of rotatable bonds is 7. The third-order valence-electron chi connectivity index (χ3n) is 19.7. The van der Waals surface area contributed by atoms with Crippen molar-refractivity contribution in [1.29, 1.82) is 0 Å². The fourth-order valence-electron chi connectivity index (χ4n) is 16.5. The third kappa shape index (κ3) is 7.36. The summed E-state index contributed by atoms with van der Waals surface area (Å²) in [4.78, 5) is 0. The Kier molecular flexibility index (Phi) is 12.8. The largest absolute Gasteiger partial charge is 0.393 e. The van der Waals surface area contributed by atoms with E-state index in [2.05, 4.69) is 41.5 Å². The van der Waals surface area contributed by atoms with Crippen molar-refractivity contribution in [2.24, 2.45) is 56.7 Å². The summed E-state index contributed by atoms with van der Waals surface area (Å²) in [6.45, 7) is 20.6. The van der Waals surface area contributed by atoms with Gasteiger partial charge in [0.1, 0.15) is 54.9 Å². The maximum atomic E-state index is 12.7. The monoisotopic (exact) mass is 901 g/mol. The van der Waals surface area contributed by atoms with Gasteiger partial charge in [-0.3, -0.25) is 0 Å². The second-order valence-electron chi connectivity index (χ2n) is 23.6. The van der Waals surface area contributed by atoms with Gasteiger partial charge in [-0.15, -0.1) is 0 Å². The Labute approximate surface area is 372 Å². The number of aliphatic hydroxyl groups excluding tert-OH is 10.